The third kappa shape index (κ3) is 6.02. The number of amides is 2. The Morgan fingerprint density at radius 3 is 1.56 bits per heavy atom. The highest BCUT2D eigenvalue weighted by molar-refractivity contribution is 5.69. The molecular formula is C21H24N2O4. The van der Waals surface area contributed by atoms with Crippen molar-refractivity contribution in [2.45, 2.75) is 44.6 Å². The molecule has 2 aromatic carbocycles. The zero-order valence-electron chi connectivity index (χ0n) is 15.1. The largest absolute Gasteiger partial charge is 0.445 e. The Morgan fingerprint density at radius 1 is 0.741 bits per heavy atom. The number of ether oxygens (including phenoxy) is 2. The van der Waals surface area contributed by atoms with E-state index in [1.165, 1.54) is 0 Å². The van der Waals surface area contributed by atoms with E-state index >= 15 is 0 Å². The second kappa shape index (κ2) is 9.62. The van der Waals surface area contributed by atoms with E-state index in [9.17, 15) is 9.59 Å². The van der Waals surface area contributed by atoms with Crippen molar-refractivity contribution in [3.8, 4) is 0 Å². The monoisotopic (exact) mass is 368 g/mol. The molecule has 0 spiro atoms. The first-order chi connectivity index (χ1) is 13.2. The van der Waals surface area contributed by atoms with Gasteiger partial charge < -0.3 is 20.1 Å². The molecule has 2 N–H and O–H groups in total. The summed E-state index contributed by atoms with van der Waals surface area (Å²) in [6.45, 7) is 0.438. The molecule has 0 aliphatic heterocycles. The second-order valence-corrected chi connectivity index (χ2v) is 6.56. The van der Waals surface area contributed by atoms with Crippen molar-refractivity contribution in [3.05, 3.63) is 71.8 Å². The van der Waals surface area contributed by atoms with Crippen molar-refractivity contribution >= 4 is 12.2 Å². The summed E-state index contributed by atoms with van der Waals surface area (Å²) >= 11 is 0. The molecule has 3 rings (SSSR count). The fraction of sp³-hybridized carbons (Fsp3) is 0.333. The van der Waals surface area contributed by atoms with Crippen LogP contribution in [-0.4, -0.2) is 24.3 Å². The number of benzene rings is 2. The molecule has 27 heavy (non-hydrogen) atoms. The van der Waals surface area contributed by atoms with Crippen LogP contribution in [0.1, 0.15) is 30.4 Å². The fourth-order valence-electron chi connectivity index (χ4n) is 3.14. The lowest BCUT2D eigenvalue weighted by Crippen LogP contribution is -2.48. The maximum absolute atomic E-state index is 12.0. The highest BCUT2D eigenvalue weighted by Crippen LogP contribution is 2.19. The van der Waals surface area contributed by atoms with Gasteiger partial charge in [0.2, 0.25) is 0 Å². The number of rotatable bonds is 6. The van der Waals surface area contributed by atoms with Crippen molar-refractivity contribution in [2.75, 3.05) is 0 Å². The van der Waals surface area contributed by atoms with Crippen LogP contribution in [0.4, 0.5) is 9.59 Å². The summed E-state index contributed by atoms with van der Waals surface area (Å²) < 4.78 is 10.5. The SMILES string of the molecule is O=C(N[C@@H]1CCC[C@H]1NC(=O)OCc1ccccc1)OCc1ccccc1. The van der Waals surface area contributed by atoms with E-state index in [0.717, 1.165) is 30.4 Å². The Hall–Kier alpha value is -3.02. The van der Waals surface area contributed by atoms with Crippen LogP contribution in [0.15, 0.2) is 60.7 Å². The molecule has 0 saturated heterocycles. The fourth-order valence-corrected chi connectivity index (χ4v) is 3.14. The maximum atomic E-state index is 12.0. The average molecular weight is 368 g/mol. The van der Waals surface area contributed by atoms with E-state index in [-0.39, 0.29) is 25.3 Å². The summed E-state index contributed by atoms with van der Waals surface area (Å²) in [7, 11) is 0. The normalized spacial score (nSPS) is 18.5. The molecular weight excluding hydrogens is 344 g/mol. The zero-order valence-corrected chi connectivity index (χ0v) is 15.1. The summed E-state index contributed by atoms with van der Waals surface area (Å²) in [5.41, 5.74) is 1.86. The lowest BCUT2D eigenvalue weighted by Gasteiger charge is -2.21. The smallest absolute Gasteiger partial charge is 0.407 e. The predicted octanol–water partition coefficient (Wildman–Crippen LogP) is 3.76. The standard InChI is InChI=1S/C21H24N2O4/c24-20(26-14-16-8-3-1-4-9-16)22-18-12-7-13-19(18)23-21(25)27-15-17-10-5-2-6-11-17/h1-6,8-11,18-19H,7,12-15H2,(H,22,24)(H,23,25)/t18-,19-/m1/s1. The van der Waals surface area contributed by atoms with Crippen LogP contribution < -0.4 is 10.6 Å². The summed E-state index contributed by atoms with van der Waals surface area (Å²) in [5.74, 6) is 0. The first kappa shape index (κ1) is 18.8. The van der Waals surface area contributed by atoms with E-state index in [1.807, 2.05) is 60.7 Å². The molecule has 0 radical (unpaired) electrons. The number of hydrogen-bond acceptors (Lipinski definition) is 4. The minimum atomic E-state index is -0.477. The van der Waals surface area contributed by atoms with Crippen molar-refractivity contribution in [1.29, 1.82) is 0 Å². The molecule has 6 nitrogen and oxygen atoms in total. The van der Waals surface area contributed by atoms with Gasteiger partial charge in [-0.25, -0.2) is 9.59 Å². The average Bonchev–Trinajstić information content (AvgIpc) is 3.13. The van der Waals surface area contributed by atoms with Crippen LogP contribution in [0.25, 0.3) is 0 Å². The van der Waals surface area contributed by atoms with Gasteiger partial charge in [-0.15, -0.1) is 0 Å². The first-order valence-electron chi connectivity index (χ1n) is 9.15. The summed E-state index contributed by atoms with van der Waals surface area (Å²) in [4.78, 5) is 24.1. The van der Waals surface area contributed by atoms with Crippen LogP contribution in [0, 0.1) is 0 Å². The minimum Gasteiger partial charge on any atom is -0.445 e. The maximum Gasteiger partial charge on any atom is 0.407 e. The van der Waals surface area contributed by atoms with Gasteiger partial charge in [0.05, 0.1) is 12.1 Å². The summed E-state index contributed by atoms with van der Waals surface area (Å²) in [6, 6.07) is 18.7. The Morgan fingerprint density at radius 2 is 1.15 bits per heavy atom. The van der Waals surface area contributed by atoms with Gasteiger partial charge in [-0.1, -0.05) is 60.7 Å². The first-order valence-corrected chi connectivity index (χ1v) is 9.15. The Balaban J connectivity index is 1.41. The number of carbonyl (C=O) groups is 2. The van der Waals surface area contributed by atoms with Gasteiger partial charge in [0.15, 0.2) is 0 Å². The van der Waals surface area contributed by atoms with Crippen molar-refractivity contribution in [1.82, 2.24) is 10.6 Å². The molecule has 1 fully saturated rings. The van der Waals surface area contributed by atoms with Crippen LogP contribution in [0.5, 0.6) is 0 Å². The zero-order chi connectivity index (χ0) is 18.9. The molecule has 2 atom stereocenters. The van der Waals surface area contributed by atoms with Gasteiger partial charge in [-0.2, -0.15) is 0 Å². The molecule has 1 saturated carbocycles. The Kier molecular flexibility index (Phi) is 6.68. The van der Waals surface area contributed by atoms with Crippen molar-refractivity contribution in [3.63, 3.8) is 0 Å². The lowest BCUT2D eigenvalue weighted by molar-refractivity contribution is 0.126. The van der Waals surface area contributed by atoms with Gasteiger partial charge in [-0.05, 0) is 30.4 Å². The predicted molar refractivity (Wildman–Crippen MR) is 101 cm³/mol. The number of carbonyl (C=O) groups excluding carboxylic acids is 2. The Bertz CT molecular complexity index is 673. The van der Waals surface area contributed by atoms with Gasteiger partial charge in [0.1, 0.15) is 13.2 Å². The van der Waals surface area contributed by atoms with E-state index < -0.39 is 12.2 Å². The highest BCUT2D eigenvalue weighted by atomic mass is 16.6. The highest BCUT2D eigenvalue weighted by Gasteiger charge is 2.30. The van der Waals surface area contributed by atoms with Crippen LogP contribution in [0.3, 0.4) is 0 Å². The molecule has 0 bridgehead atoms. The van der Waals surface area contributed by atoms with Crippen molar-refractivity contribution < 1.29 is 19.1 Å². The molecule has 142 valence electrons. The summed E-state index contributed by atoms with van der Waals surface area (Å²) in [5, 5.41) is 5.69. The van der Waals surface area contributed by atoms with E-state index in [4.69, 9.17) is 9.47 Å². The van der Waals surface area contributed by atoms with E-state index in [0.29, 0.717) is 0 Å². The van der Waals surface area contributed by atoms with Crippen LogP contribution in [-0.2, 0) is 22.7 Å². The van der Waals surface area contributed by atoms with E-state index in [1.54, 1.807) is 0 Å². The molecule has 2 aromatic rings. The van der Waals surface area contributed by atoms with Gasteiger partial charge >= 0.3 is 12.2 Å². The van der Waals surface area contributed by atoms with Crippen LogP contribution >= 0.6 is 0 Å². The second-order valence-electron chi connectivity index (χ2n) is 6.56. The number of hydrogen-bond donors (Lipinski definition) is 2. The quantitative estimate of drug-likeness (QED) is 0.814. The molecule has 1 aliphatic carbocycles. The molecule has 6 heteroatoms. The molecule has 1 aliphatic rings. The Labute approximate surface area is 158 Å². The molecule has 0 aromatic heterocycles. The summed E-state index contributed by atoms with van der Waals surface area (Å²) in [6.07, 6.45) is 1.56. The third-order valence-corrected chi connectivity index (χ3v) is 4.55. The van der Waals surface area contributed by atoms with E-state index in [2.05, 4.69) is 10.6 Å². The third-order valence-electron chi connectivity index (χ3n) is 4.55. The van der Waals surface area contributed by atoms with Crippen molar-refractivity contribution in [2.24, 2.45) is 0 Å². The molecule has 0 heterocycles. The molecule has 0 unspecified atom stereocenters. The lowest BCUT2D eigenvalue weighted by atomic mass is 10.2. The molecule has 2 amide bonds. The van der Waals surface area contributed by atoms with Gasteiger partial charge in [0.25, 0.3) is 0 Å². The number of alkyl carbamates (subject to hydrolysis) is 2. The van der Waals surface area contributed by atoms with Crippen LogP contribution in [0.2, 0.25) is 0 Å². The topological polar surface area (TPSA) is 76.7 Å². The minimum absolute atomic E-state index is 0.155. The van der Waals surface area contributed by atoms with Gasteiger partial charge in [0, 0.05) is 0 Å². The van der Waals surface area contributed by atoms with Gasteiger partial charge in [-0.3, -0.25) is 0 Å². The number of nitrogens with one attached hydrogen (secondary N) is 2.